The summed E-state index contributed by atoms with van der Waals surface area (Å²) in [7, 11) is 0. The van der Waals surface area contributed by atoms with Crippen LogP contribution in [0.2, 0.25) is 0 Å². The lowest BCUT2D eigenvalue weighted by atomic mass is 10.2. The molecule has 0 saturated carbocycles. The number of rotatable bonds is 2. The summed E-state index contributed by atoms with van der Waals surface area (Å²) in [5.74, 6) is 0.0142. The van der Waals surface area contributed by atoms with Gasteiger partial charge in [-0.05, 0) is 19.1 Å². The highest BCUT2D eigenvalue weighted by Crippen LogP contribution is 2.18. The van der Waals surface area contributed by atoms with E-state index in [2.05, 4.69) is 20.2 Å². The van der Waals surface area contributed by atoms with E-state index in [0.29, 0.717) is 17.3 Å². The predicted molar refractivity (Wildman–Crippen MR) is 65.7 cm³/mol. The number of pyridine rings is 1. The molecule has 0 atom stereocenters. The second-order valence-corrected chi connectivity index (χ2v) is 3.95. The predicted octanol–water partition coefficient (Wildman–Crippen LogP) is 1.19. The summed E-state index contributed by atoms with van der Waals surface area (Å²) in [4.78, 5) is 19.0. The van der Waals surface area contributed by atoms with Crippen molar-refractivity contribution in [3.63, 3.8) is 0 Å². The zero-order chi connectivity index (χ0) is 13.4. The number of hydrogen-bond donors (Lipinski definition) is 1. The molecule has 0 radical (unpaired) electrons. The Hall–Kier alpha value is -2.83. The lowest BCUT2D eigenvalue weighted by Gasteiger charge is -2.03. The van der Waals surface area contributed by atoms with Crippen molar-refractivity contribution >= 4 is 11.6 Å². The van der Waals surface area contributed by atoms with Gasteiger partial charge in [0, 0.05) is 24.0 Å². The summed E-state index contributed by atoms with van der Waals surface area (Å²) in [6, 6.07) is 5.04. The molecule has 3 aromatic rings. The molecule has 3 rings (SSSR count). The molecule has 1 N–H and O–H groups in total. The van der Waals surface area contributed by atoms with Gasteiger partial charge < -0.3 is 5.11 Å². The maximum Gasteiger partial charge on any atom is 0.354 e. The Kier molecular flexibility index (Phi) is 2.45. The van der Waals surface area contributed by atoms with Crippen molar-refractivity contribution in [2.24, 2.45) is 0 Å². The van der Waals surface area contributed by atoms with Gasteiger partial charge in [-0.2, -0.15) is 0 Å². The van der Waals surface area contributed by atoms with Crippen LogP contribution in [0.1, 0.15) is 16.3 Å². The molecular weight excluding hydrogens is 246 g/mol. The minimum atomic E-state index is -1.09. The molecule has 7 nitrogen and oxygen atoms in total. The average Bonchev–Trinajstić information content (AvgIpc) is 2.84. The molecule has 0 aromatic carbocycles. The zero-order valence-electron chi connectivity index (χ0n) is 9.98. The van der Waals surface area contributed by atoms with Crippen LogP contribution in [0, 0.1) is 6.92 Å². The molecule has 0 unspecified atom stereocenters. The van der Waals surface area contributed by atoms with Gasteiger partial charge in [-0.1, -0.05) is 0 Å². The van der Waals surface area contributed by atoms with E-state index in [0.717, 1.165) is 5.56 Å². The van der Waals surface area contributed by atoms with Gasteiger partial charge in [0.2, 0.25) is 0 Å². The van der Waals surface area contributed by atoms with E-state index in [1.165, 1.54) is 6.07 Å². The average molecular weight is 255 g/mol. The highest BCUT2D eigenvalue weighted by atomic mass is 16.4. The summed E-state index contributed by atoms with van der Waals surface area (Å²) in [6.45, 7) is 1.71. The van der Waals surface area contributed by atoms with Gasteiger partial charge in [0.15, 0.2) is 17.2 Å². The van der Waals surface area contributed by atoms with Gasteiger partial charge >= 0.3 is 5.97 Å². The molecule has 3 heterocycles. The Morgan fingerprint density at radius 2 is 2.21 bits per heavy atom. The third-order valence-corrected chi connectivity index (χ3v) is 2.70. The SMILES string of the molecule is Cc1nc(C(=O)O)cc2nnc(-c3cccnc3)n12. The minimum absolute atomic E-state index is 0.0462. The number of hydrogen-bond acceptors (Lipinski definition) is 5. The van der Waals surface area contributed by atoms with Gasteiger partial charge in [0.25, 0.3) is 0 Å². The van der Waals surface area contributed by atoms with Crippen molar-refractivity contribution < 1.29 is 9.90 Å². The van der Waals surface area contributed by atoms with Crippen LogP contribution in [0.5, 0.6) is 0 Å². The number of carboxylic acids is 1. The fourth-order valence-corrected chi connectivity index (χ4v) is 1.88. The molecule has 3 aromatic heterocycles. The van der Waals surface area contributed by atoms with E-state index >= 15 is 0 Å². The molecule has 0 amide bonds. The van der Waals surface area contributed by atoms with E-state index < -0.39 is 5.97 Å². The van der Waals surface area contributed by atoms with Gasteiger partial charge in [0.05, 0.1) is 0 Å². The number of aromatic carboxylic acids is 1. The molecule has 0 saturated heterocycles. The quantitative estimate of drug-likeness (QED) is 0.739. The van der Waals surface area contributed by atoms with E-state index in [4.69, 9.17) is 5.11 Å². The zero-order valence-corrected chi connectivity index (χ0v) is 9.98. The monoisotopic (exact) mass is 255 g/mol. The van der Waals surface area contributed by atoms with Crippen LogP contribution < -0.4 is 0 Å². The number of fused-ring (bicyclic) bond motifs is 1. The van der Waals surface area contributed by atoms with Crippen LogP contribution in [0.25, 0.3) is 17.0 Å². The summed E-state index contributed by atoms with van der Waals surface area (Å²) in [5.41, 5.74) is 1.20. The molecule has 7 heteroatoms. The first-order chi connectivity index (χ1) is 9.16. The van der Waals surface area contributed by atoms with Crippen molar-refractivity contribution in [3.05, 3.63) is 42.1 Å². The molecule has 94 valence electrons. The van der Waals surface area contributed by atoms with Gasteiger partial charge in [0.1, 0.15) is 5.82 Å². The number of aryl methyl sites for hydroxylation is 1. The van der Waals surface area contributed by atoms with E-state index in [1.807, 2.05) is 6.07 Å². The van der Waals surface area contributed by atoms with Crippen molar-refractivity contribution in [2.75, 3.05) is 0 Å². The second kappa shape index (κ2) is 4.13. The highest BCUT2D eigenvalue weighted by molar-refractivity contribution is 5.86. The summed E-state index contributed by atoms with van der Waals surface area (Å²) in [6.07, 6.45) is 3.33. The third kappa shape index (κ3) is 1.81. The Balaban J connectivity index is 2.27. The lowest BCUT2D eigenvalue weighted by Crippen LogP contribution is -2.06. The molecule has 0 bridgehead atoms. The standard InChI is InChI=1S/C12H9N5O2/c1-7-14-9(12(18)19)5-10-15-16-11(17(7)10)8-3-2-4-13-6-8/h2-6H,1H3,(H,18,19). The topological polar surface area (TPSA) is 93.3 Å². The Morgan fingerprint density at radius 3 is 2.89 bits per heavy atom. The normalized spacial score (nSPS) is 10.8. The Morgan fingerprint density at radius 1 is 1.37 bits per heavy atom. The highest BCUT2D eigenvalue weighted by Gasteiger charge is 2.14. The number of nitrogens with zero attached hydrogens (tertiary/aromatic N) is 5. The van der Waals surface area contributed by atoms with Crippen molar-refractivity contribution in [2.45, 2.75) is 6.92 Å². The molecule has 0 aliphatic heterocycles. The first kappa shape index (κ1) is 11.3. The first-order valence-corrected chi connectivity index (χ1v) is 5.53. The van der Waals surface area contributed by atoms with Gasteiger partial charge in [-0.25, -0.2) is 9.78 Å². The van der Waals surface area contributed by atoms with Crippen LogP contribution in [0.15, 0.2) is 30.6 Å². The third-order valence-electron chi connectivity index (χ3n) is 2.70. The number of carboxylic acid groups (broad SMARTS) is 1. The van der Waals surface area contributed by atoms with E-state index in [1.54, 1.807) is 29.8 Å². The fraction of sp³-hybridized carbons (Fsp3) is 0.0833. The van der Waals surface area contributed by atoms with Crippen molar-refractivity contribution in [1.82, 2.24) is 24.6 Å². The summed E-state index contributed by atoms with van der Waals surface area (Å²) < 4.78 is 1.70. The maximum atomic E-state index is 10.9. The minimum Gasteiger partial charge on any atom is -0.477 e. The van der Waals surface area contributed by atoms with Crippen LogP contribution in [0.4, 0.5) is 0 Å². The Labute approximate surface area is 107 Å². The molecule has 0 spiro atoms. The molecule has 0 aliphatic carbocycles. The van der Waals surface area contributed by atoms with Gasteiger partial charge in [-0.3, -0.25) is 9.38 Å². The van der Waals surface area contributed by atoms with Crippen LogP contribution in [-0.4, -0.2) is 35.6 Å². The van der Waals surface area contributed by atoms with Crippen LogP contribution in [-0.2, 0) is 0 Å². The van der Waals surface area contributed by atoms with Crippen LogP contribution in [0.3, 0.4) is 0 Å². The summed E-state index contributed by atoms with van der Waals surface area (Å²) >= 11 is 0. The molecule has 19 heavy (non-hydrogen) atoms. The molecule has 0 aliphatic rings. The summed E-state index contributed by atoms with van der Waals surface area (Å²) in [5, 5.41) is 17.0. The largest absolute Gasteiger partial charge is 0.477 e. The Bertz CT molecular complexity index is 766. The van der Waals surface area contributed by atoms with Crippen LogP contribution >= 0.6 is 0 Å². The van der Waals surface area contributed by atoms with Crippen molar-refractivity contribution in [3.8, 4) is 11.4 Å². The van der Waals surface area contributed by atoms with E-state index in [-0.39, 0.29) is 5.69 Å². The number of aromatic nitrogens is 5. The van der Waals surface area contributed by atoms with Gasteiger partial charge in [-0.15, -0.1) is 10.2 Å². The van der Waals surface area contributed by atoms with E-state index in [9.17, 15) is 4.79 Å². The lowest BCUT2D eigenvalue weighted by molar-refractivity contribution is 0.0690. The second-order valence-electron chi connectivity index (χ2n) is 3.95. The molecular formula is C12H9N5O2. The maximum absolute atomic E-state index is 10.9. The number of carbonyl (C=O) groups is 1. The smallest absolute Gasteiger partial charge is 0.354 e. The first-order valence-electron chi connectivity index (χ1n) is 5.53. The van der Waals surface area contributed by atoms with Crippen molar-refractivity contribution in [1.29, 1.82) is 0 Å². The molecule has 0 fully saturated rings. The fourth-order valence-electron chi connectivity index (χ4n) is 1.88.